The van der Waals surface area contributed by atoms with Gasteiger partial charge in [0, 0.05) is 30.7 Å². The molecule has 1 aromatic carbocycles. The summed E-state index contributed by atoms with van der Waals surface area (Å²) in [6.45, 7) is 0. The predicted molar refractivity (Wildman–Crippen MR) is 73.0 cm³/mol. The van der Waals surface area contributed by atoms with Crippen LogP contribution in [0, 0.1) is 0 Å². The van der Waals surface area contributed by atoms with Crippen LogP contribution in [0.25, 0.3) is 0 Å². The zero-order chi connectivity index (χ0) is 12.3. The van der Waals surface area contributed by atoms with Gasteiger partial charge in [0.15, 0.2) is 0 Å². The van der Waals surface area contributed by atoms with Gasteiger partial charge in [-0.2, -0.15) is 11.3 Å². The number of benzene rings is 1. The van der Waals surface area contributed by atoms with Crippen molar-refractivity contribution >= 4 is 28.6 Å². The van der Waals surface area contributed by atoms with Crippen molar-refractivity contribution in [1.82, 2.24) is 0 Å². The van der Waals surface area contributed by atoms with Crippen LogP contribution in [0.5, 0.6) is 0 Å². The summed E-state index contributed by atoms with van der Waals surface area (Å²) in [5, 5.41) is 6.69. The third-order valence-corrected chi connectivity index (χ3v) is 3.11. The van der Waals surface area contributed by atoms with Gasteiger partial charge < -0.3 is 10.2 Å². The van der Waals surface area contributed by atoms with E-state index in [9.17, 15) is 4.79 Å². The lowest BCUT2D eigenvalue weighted by Crippen LogP contribution is -2.12. The molecule has 0 saturated carbocycles. The maximum atomic E-state index is 11.9. The first-order chi connectivity index (χ1) is 8.16. The van der Waals surface area contributed by atoms with Crippen molar-refractivity contribution in [2.45, 2.75) is 0 Å². The average molecular weight is 246 g/mol. The summed E-state index contributed by atoms with van der Waals surface area (Å²) in [6.07, 6.45) is 0. The quantitative estimate of drug-likeness (QED) is 0.902. The van der Waals surface area contributed by atoms with Crippen LogP contribution in [0.1, 0.15) is 10.4 Å². The van der Waals surface area contributed by atoms with Crippen molar-refractivity contribution in [3.05, 3.63) is 46.7 Å². The molecule has 3 nitrogen and oxygen atoms in total. The second kappa shape index (κ2) is 5.01. The standard InChI is InChI=1S/C13H14N2OS/c1-15(2)12-5-3-10(4-6-12)13(16)14-11-7-8-17-9-11/h3-9H,1-2H3,(H,14,16). The number of amides is 1. The van der Waals surface area contributed by atoms with Gasteiger partial charge in [-0.1, -0.05) is 0 Å². The number of nitrogens with zero attached hydrogens (tertiary/aromatic N) is 1. The smallest absolute Gasteiger partial charge is 0.255 e. The van der Waals surface area contributed by atoms with E-state index in [-0.39, 0.29) is 5.91 Å². The Kier molecular flexibility index (Phi) is 3.44. The minimum Gasteiger partial charge on any atom is -0.378 e. The zero-order valence-corrected chi connectivity index (χ0v) is 10.6. The molecule has 2 rings (SSSR count). The lowest BCUT2D eigenvalue weighted by molar-refractivity contribution is 0.102. The van der Waals surface area contributed by atoms with E-state index in [1.54, 1.807) is 11.3 Å². The first kappa shape index (κ1) is 11.7. The van der Waals surface area contributed by atoms with E-state index in [1.165, 1.54) is 0 Å². The van der Waals surface area contributed by atoms with Crippen molar-refractivity contribution in [2.24, 2.45) is 0 Å². The average Bonchev–Trinajstić information content (AvgIpc) is 2.82. The Balaban J connectivity index is 2.09. The molecule has 0 atom stereocenters. The number of hydrogen-bond acceptors (Lipinski definition) is 3. The summed E-state index contributed by atoms with van der Waals surface area (Å²) in [7, 11) is 3.95. The third kappa shape index (κ3) is 2.85. The summed E-state index contributed by atoms with van der Waals surface area (Å²) in [6, 6.07) is 9.41. The summed E-state index contributed by atoms with van der Waals surface area (Å²) in [5.41, 5.74) is 2.59. The molecule has 0 bridgehead atoms. The Morgan fingerprint density at radius 1 is 1.18 bits per heavy atom. The highest BCUT2D eigenvalue weighted by atomic mass is 32.1. The number of thiophene rings is 1. The largest absolute Gasteiger partial charge is 0.378 e. The van der Waals surface area contributed by atoms with Gasteiger partial charge in [-0.25, -0.2) is 0 Å². The molecule has 0 aliphatic rings. The van der Waals surface area contributed by atoms with Crippen LogP contribution in [0.2, 0.25) is 0 Å². The molecule has 1 amide bonds. The van der Waals surface area contributed by atoms with Crippen molar-refractivity contribution in [2.75, 3.05) is 24.3 Å². The highest BCUT2D eigenvalue weighted by Crippen LogP contribution is 2.15. The molecule has 0 saturated heterocycles. The number of rotatable bonds is 3. The Hall–Kier alpha value is -1.81. The first-order valence-electron chi connectivity index (χ1n) is 5.28. The maximum absolute atomic E-state index is 11.9. The molecule has 1 N–H and O–H groups in total. The van der Waals surface area contributed by atoms with Gasteiger partial charge >= 0.3 is 0 Å². The molecule has 1 aromatic heterocycles. The molecule has 0 aliphatic heterocycles. The van der Waals surface area contributed by atoms with Crippen LogP contribution in [-0.2, 0) is 0 Å². The fourth-order valence-electron chi connectivity index (χ4n) is 1.45. The third-order valence-electron chi connectivity index (χ3n) is 2.42. The summed E-state index contributed by atoms with van der Waals surface area (Å²) in [4.78, 5) is 13.9. The molecule has 1 heterocycles. The van der Waals surface area contributed by atoms with E-state index in [0.29, 0.717) is 5.56 Å². The van der Waals surface area contributed by atoms with Crippen molar-refractivity contribution < 1.29 is 4.79 Å². The van der Waals surface area contributed by atoms with Crippen molar-refractivity contribution in [1.29, 1.82) is 0 Å². The van der Waals surface area contributed by atoms with E-state index < -0.39 is 0 Å². The number of carbonyl (C=O) groups is 1. The number of carbonyl (C=O) groups excluding carboxylic acids is 1. The minimum absolute atomic E-state index is 0.0753. The van der Waals surface area contributed by atoms with E-state index in [4.69, 9.17) is 0 Å². The lowest BCUT2D eigenvalue weighted by atomic mass is 10.2. The fraction of sp³-hybridized carbons (Fsp3) is 0.154. The maximum Gasteiger partial charge on any atom is 0.255 e. The van der Waals surface area contributed by atoms with Crippen LogP contribution in [0.15, 0.2) is 41.1 Å². The fourth-order valence-corrected chi connectivity index (χ4v) is 2.04. The summed E-state index contributed by atoms with van der Waals surface area (Å²) < 4.78 is 0. The second-order valence-electron chi connectivity index (χ2n) is 3.91. The Morgan fingerprint density at radius 2 is 1.88 bits per heavy atom. The van der Waals surface area contributed by atoms with Gasteiger partial charge in [-0.3, -0.25) is 4.79 Å². The highest BCUT2D eigenvalue weighted by Gasteiger charge is 2.06. The molecule has 17 heavy (non-hydrogen) atoms. The van der Waals surface area contributed by atoms with E-state index in [0.717, 1.165) is 11.4 Å². The molecule has 88 valence electrons. The monoisotopic (exact) mass is 246 g/mol. The number of anilines is 2. The summed E-state index contributed by atoms with van der Waals surface area (Å²) >= 11 is 1.56. The number of hydrogen-bond donors (Lipinski definition) is 1. The SMILES string of the molecule is CN(C)c1ccc(C(=O)Nc2ccsc2)cc1. The molecule has 0 radical (unpaired) electrons. The molecule has 0 spiro atoms. The molecule has 4 heteroatoms. The zero-order valence-electron chi connectivity index (χ0n) is 9.81. The van der Waals surface area contributed by atoms with Gasteiger partial charge in [-0.15, -0.1) is 0 Å². The van der Waals surface area contributed by atoms with Crippen molar-refractivity contribution in [3.63, 3.8) is 0 Å². The molecule has 0 aliphatic carbocycles. The second-order valence-corrected chi connectivity index (χ2v) is 4.69. The van der Waals surface area contributed by atoms with Crippen LogP contribution in [-0.4, -0.2) is 20.0 Å². The van der Waals surface area contributed by atoms with Crippen LogP contribution in [0.4, 0.5) is 11.4 Å². The highest BCUT2D eigenvalue weighted by molar-refractivity contribution is 7.08. The first-order valence-corrected chi connectivity index (χ1v) is 6.22. The molecule has 2 aromatic rings. The van der Waals surface area contributed by atoms with Gasteiger partial charge in [0.25, 0.3) is 5.91 Å². The molecule has 0 unspecified atom stereocenters. The molecular formula is C13H14N2OS. The van der Waals surface area contributed by atoms with E-state index >= 15 is 0 Å². The van der Waals surface area contributed by atoms with Gasteiger partial charge in [0.2, 0.25) is 0 Å². The lowest BCUT2D eigenvalue weighted by Gasteiger charge is -2.12. The van der Waals surface area contributed by atoms with E-state index in [1.807, 2.05) is 60.1 Å². The van der Waals surface area contributed by atoms with Crippen LogP contribution in [0.3, 0.4) is 0 Å². The van der Waals surface area contributed by atoms with Crippen LogP contribution < -0.4 is 10.2 Å². The normalized spacial score (nSPS) is 10.0. The number of nitrogens with one attached hydrogen (secondary N) is 1. The Bertz CT molecular complexity index is 489. The molecule has 0 fully saturated rings. The topological polar surface area (TPSA) is 32.3 Å². The van der Waals surface area contributed by atoms with Gasteiger partial charge in [-0.05, 0) is 35.7 Å². The van der Waals surface area contributed by atoms with E-state index in [2.05, 4.69) is 5.32 Å². The van der Waals surface area contributed by atoms with Gasteiger partial charge in [0.05, 0.1) is 5.69 Å². The molecular weight excluding hydrogens is 232 g/mol. The predicted octanol–water partition coefficient (Wildman–Crippen LogP) is 3.07. The minimum atomic E-state index is -0.0753. The van der Waals surface area contributed by atoms with Crippen molar-refractivity contribution in [3.8, 4) is 0 Å². The summed E-state index contributed by atoms with van der Waals surface area (Å²) in [5.74, 6) is -0.0753. The Labute approximate surface area is 105 Å². The Morgan fingerprint density at radius 3 is 2.41 bits per heavy atom. The van der Waals surface area contributed by atoms with Gasteiger partial charge in [0.1, 0.15) is 0 Å². The van der Waals surface area contributed by atoms with Crippen LogP contribution >= 0.6 is 11.3 Å².